The van der Waals surface area contributed by atoms with Crippen molar-refractivity contribution in [3.8, 4) is 5.75 Å². The zero-order valence-corrected chi connectivity index (χ0v) is 18.4. The quantitative estimate of drug-likeness (QED) is 0.587. The monoisotopic (exact) mass is 461 g/mol. The number of anilines is 2. The highest BCUT2D eigenvalue weighted by Crippen LogP contribution is 2.43. The second-order valence-electron chi connectivity index (χ2n) is 8.16. The van der Waals surface area contributed by atoms with Crippen LogP contribution in [0.15, 0.2) is 29.0 Å². The third-order valence-electron chi connectivity index (χ3n) is 4.89. The molecule has 0 spiro atoms. The van der Waals surface area contributed by atoms with E-state index >= 15 is 0 Å². The second kappa shape index (κ2) is 7.91. The van der Waals surface area contributed by atoms with Gasteiger partial charge in [0.2, 0.25) is 0 Å². The van der Waals surface area contributed by atoms with Crippen molar-refractivity contribution in [2.24, 2.45) is 0 Å². The van der Waals surface area contributed by atoms with Crippen molar-refractivity contribution in [3.05, 3.63) is 40.3 Å². The number of rotatable bonds is 1. The smallest absolute Gasteiger partial charge is 0.420 e. The number of amides is 1. The third kappa shape index (κ3) is 4.23. The van der Waals surface area contributed by atoms with Gasteiger partial charge in [-0.15, -0.1) is 0 Å². The number of carbonyl (C=O) groups is 1. The van der Waals surface area contributed by atoms with E-state index in [4.69, 9.17) is 14.2 Å². The number of nitrogens with zero attached hydrogens (tertiary/aromatic N) is 3. The molecule has 2 aromatic rings. The van der Waals surface area contributed by atoms with Crippen LogP contribution in [0.5, 0.6) is 5.75 Å². The van der Waals surface area contributed by atoms with Gasteiger partial charge in [-0.1, -0.05) is 15.9 Å². The molecule has 0 unspecified atom stereocenters. The lowest BCUT2D eigenvalue weighted by Gasteiger charge is -2.28. The molecule has 0 aliphatic carbocycles. The maximum Gasteiger partial charge on any atom is 0.420 e. The molecule has 0 saturated carbocycles. The Morgan fingerprint density at radius 3 is 2.72 bits per heavy atom. The minimum Gasteiger partial charge on any atom is -0.486 e. The number of hydrogen-bond acceptors (Lipinski definition) is 6. The molecule has 1 aromatic heterocycles. The Kier molecular flexibility index (Phi) is 5.48. The minimum atomic E-state index is -0.646. The molecular weight excluding hydrogens is 438 g/mol. The van der Waals surface area contributed by atoms with Gasteiger partial charge in [-0.3, -0.25) is 0 Å². The summed E-state index contributed by atoms with van der Waals surface area (Å²) in [6, 6.07) is 5.56. The van der Waals surface area contributed by atoms with Gasteiger partial charge in [-0.05, 0) is 51.8 Å². The van der Waals surface area contributed by atoms with Gasteiger partial charge < -0.3 is 14.2 Å². The van der Waals surface area contributed by atoms with Crippen LogP contribution < -0.4 is 9.64 Å². The molecule has 2 aliphatic rings. The molecule has 7 nitrogen and oxygen atoms in total. The van der Waals surface area contributed by atoms with Crippen molar-refractivity contribution in [3.63, 3.8) is 0 Å². The van der Waals surface area contributed by atoms with E-state index in [1.165, 1.54) is 11.2 Å². The average Bonchev–Trinajstić information content (AvgIpc) is 2.83. The molecule has 154 valence electrons. The van der Waals surface area contributed by atoms with E-state index in [2.05, 4.69) is 25.9 Å². The molecule has 1 amide bonds. The average molecular weight is 462 g/mol. The lowest BCUT2D eigenvalue weighted by molar-refractivity contribution is 0.0597. The molecule has 4 rings (SSSR count). The number of ether oxygens (including phenoxy) is 3. The van der Waals surface area contributed by atoms with Gasteiger partial charge in [-0.2, -0.15) is 0 Å². The molecule has 8 heteroatoms. The standard InChI is InChI=1S/C21H24BrN3O4/c1-21(2,3)29-20(26)25-16-10-14(22)4-5-17(16)28-11-15-18(23-12-24-19(15)25)13-6-8-27-9-7-13/h4-5,10,12-13H,6-9,11H2,1-3H3. The Balaban J connectivity index is 1.85. The van der Waals surface area contributed by atoms with E-state index in [-0.39, 0.29) is 12.5 Å². The van der Waals surface area contributed by atoms with Crippen LogP contribution in [0.2, 0.25) is 0 Å². The Labute approximate surface area is 178 Å². The van der Waals surface area contributed by atoms with Crippen LogP contribution in [-0.4, -0.2) is 34.9 Å². The summed E-state index contributed by atoms with van der Waals surface area (Å²) >= 11 is 3.49. The Morgan fingerprint density at radius 1 is 1.24 bits per heavy atom. The van der Waals surface area contributed by atoms with Crippen molar-refractivity contribution >= 4 is 33.5 Å². The van der Waals surface area contributed by atoms with Gasteiger partial charge in [-0.25, -0.2) is 19.7 Å². The van der Waals surface area contributed by atoms with Gasteiger partial charge in [0.05, 0.1) is 16.9 Å². The van der Waals surface area contributed by atoms with Crippen molar-refractivity contribution in [1.82, 2.24) is 9.97 Å². The van der Waals surface area contributed by atoms with Crippen LogP contribution in [0, 0.1) is 0 Å². The van der Waals surface area contributed by atoms with Gasteiger partial charge in [0.1, 0.15) is 24.3 Å². The first kappa shape index (κ1) is 20.1. The molecule has 1 saturated heterocycles. The van der Waals surface area contributed by atoms with E-state index in [1.54, 1.807) is 0 Å². The fraction of sp³-hybridized carbons (Fsp3) is 0.476. The molecule has 1 fully saturated rings. The first-order valence-corrected chi connectivity index (χ1v) is 10.5. The summed E-state index contributed by atoms with van der Waals surface area (Å²) in [7, 11) is 0. The second-order valence-corrected chi connectivity index (χ2v) is 9.08. The molecule has 2 aliphatic heterocycles. The molecule has 3 heterocycles. The van der Waals surface area contributed by atoms with Crippen LogP contribution in [0.1, 0.15) is 50.8 Å². The third-order valence-corrected chi connectivity index (χ3v) is 5.38. The summed E-state index contributed by atoms with van der Waals surface area (Å²) in [6.07, 6.45) is 2.78. The highest BCUT2D eigenvalue weighted by Gasteiger charge is 2.34. The van der Waals surface area contributed by atoms with Crippen molar-refractivity contribution in [2.45, 2.75) is 51.7 Å². The Bertz CT molecular complexity index is 923. The zero-order valence-electron chi connectivity index (χ0n) is 16.8. The maximum atomic E-state index is 13.2. The number of carbonyl (C=O) groups excluding carboxylic acids is 1. The fourth-order valence-corrected chi connectivity index (χ4v) is 3.96. The summed E-state index contributed by atoms with van der Waals surface area (Å²) in [5, 5.41) is 0. The molecular formula is C21H24BrN3O4. The lowest BCUT2D eigenvalue weighted by Crippen LogP contribution is -2.35. The number of hydrogen-bond donors (Lipinski definition) is 0. The van der Waals surface area contributed by atoms with Gasteiger partial charge >= 0.3 is 6.09 Å². The van der Waals surface area contributed by atoms with Crippen LogP contribution in [0.4, 0.5) is 16.3 Å². The van der Waals surface area contributed by atoms with E-state index < -0.39 is 11.7 Å². The number of halogens is 1. The van der Waals surface area contributed by atoms with E-state index in [0.29, 0.717) is 30.5 Å². The fourth-order valence-electron chi connectivity index (χ4n) is 3.61. The van der Waals surface area contributed by atoms with E-state index in [1.807, 2.05) is 39.0 Å². The van der Waals surface area contributed by atoms with Crippen LogP contribution in [0.25, 0.3) is 0 Å². The number of fused-ring (bicyclic) bond motifs is 2. The van der Waals surface area contributed by atoms with Gasteiger partial charge in [0, 0.05) is 23.6 Å². The summed E-state index contributed by atoms with van der Waals surface area (Å²) in [6.45, 7) is 7.22. The van der Waals surface area contributed by atoms with Crippen molar-refractivity contribution in [1.29, 1.82) is 0 Å². The van der Waals surface area contributed by atoms with Crippen molar-refractivity contribution < 1.29 is 19.0 Å². The molecule has 0 bridgehead atoms. The number of benzene rings is 1. The van der Waals surface area contributed by atoms with Gasteiger partial charge in [0.15, 0.2) is 5.82 Å². The molecule has 0 radical (unpaired) electrons. The van der Waals surface area contributed by atoms with E-state index in [9.17, 15) is 4.79 Å². The molecule has 0 N–H and O–H groups in total. The predicted octanol–water partition coefficient (Wildman–Crippen LogP) is 5.10. The van der Waals surface area contributed by atoms with E-state index in [0.717, 1.165) is 28.6 Å². The minimum absolute atomic E-state index is 0.248. The van der Waals surface area contributed by atoms with Crippen LogP contribution >= 0.6 is 15.9 Å². The summed E-state index contributed by atoms with van der Waals surface area (Å²) in [5.74, 6) is 1.35. The highest BCUT2D eigenvalue weighted by atomic mass is 79.9. The number of aromatic nitrogens is 2. The summed E-state index contributed by atoms with van der Waals surface area (Å²) in [5.41, 5.74) is 1.67. The molecule has 1 aromatic carbocycles. The largest absolute Gasteiger partial charge is 0.486 e. The first-order valence-electron chi connectivity index (χ1n) is 9.70. The SMILES string of the molecule is CC(C)(C)OC(=O)N1c2cc(Br)ccc2OCc2c(C3CCOCC3)ncnc21. The normalized spacial score (nSPS) is 17.0. The molecule has 29 heavy (non-hydrogen) atoms. The first-order chi connectivity index (χ1) is 13.8. The summed E-state index contributed by atoms with van der Waals surface area (Å²) in [4.78, 5) is 23.8. The van der Waals surface area contributed by atoms with Crippen LogP contribution in [-0.2, 0) is 16.1 Å². The maximum absolute atomic E-state index is 13.2. The Morgan fingerprint density at radius 2 is 2.00 bits per heavy atom. The lowest BCUT2D eigenvalue weighted by atomic mass is 9.93. The van der Waals surface area contributed by atoms with Gasteiger partial charge in [0.25, 0.3) is 0 Å². The van der Waals surface area contributed by atoms with Crippen LogP contribution in [0.3, 0.4) is 0 Å². The summed E-state index contributed by atoms with van der Waals surface area (Å²) < 4.78 is 18.1. The predicted molar refractivity (Wildman–Crippen MR) is 112 cm³/mol. The van der Waals surface area contributed by atoms with Crippen molar-refractivity contribution in [2.75, 3.05) is 18.1 Å². The zero-order chi connectivity index (χ0) is 20.6. The Hall–Kier alpha value is -2.19. The highest BCUT2D eigenvalue weighted by molar-refractivity contribution is 9.10. The molecule has 0 atom stereocenters. The topological polar surface area (TPSA) is 73.8 Å².